The van der Waals surface area contributed by atoms with Gasteiger partial charge in [0.2, 0.25) is 0 Å². The summed E-state index contributed by atoms with van der Waals surface area (Å²) >= 11 is 0. The fourth-order valence-corrected chi connectivity index (χ4v) is 2.44. The van der Waals surface area contributed by atoms with E-state index in [1.54, 1.807) is 0 Å². The van der Waals surface area contributed by atoms with Gasteiger partial charge in [0.15, 0.2) is 0 Å². The molecule has 2 rings (SSSR count). The van der Waals surface area contributed by atoms with Gasteiger partial charge in [0.05, 0.1) is 6.61 Å². The lowest BCUT2D eigenvalue weighted by atomic mass is 9.87. The summed E-state index contributed by atoms with van der Waals surface area (Å²) in [4.78, 5) is 0. The molecule has 0 aromatic heterocycles. The molecule has 0 N–H and O–H groups in total. The highest BCUT2D eigenvalue weighted by Crippen LogP contribution is 2.27. The van der Waals surface area contributed by atoms with E-state index >= 15 is 0 Å². The van der Waals surface area contributed by atoms with Gasteiger partial charge < -0.3 is 4.74 Å². The molecule has 0 heterocycles. The van der Waals surface area contributed by atoms with Gasteiger partial charge in [0.25, 0.3) is 0 Å². The molecular formula is C16H24O. The van der Waals surface area contributed by atoms with Crippen LogP contribution in [0.25, 0.3) is 0 Å². The van der Waals surface area contributed by atoms with E-state index < -0.39 is 0 Å². The summed E-state index contributed by atoms with van der Waals surface area (Å²) in [5, 5.41) is 0. The summed E-state index contributed by atoms with van der Waals surface area (Å²) in [5.41, 5.74) is 1.59. The monoisotopic (exact) mass is 232 g/mol. The first-order valence-corrected chi connectivity index (χ1v) is 6.79. The normalized spacial score (nSPS) is 17.4. The molecule has 0 bridgehead atoms. The molecule has 1 heteroatoms. The van der Waals surface area contributed by atoms with E-state index in [1.807, 2.05) is 0 Å². The predicted molar refractivity (Wildman–Crippen MR) is 72.6 cm³/mol. The molecule has 0 unspecified atom stereocenters. The average Bonchev–Trinajstić information content (AvgIpc) is 2.78. The van der Waals surface area contributed by atoms with Crippen molar-refractivity contribution in [3.8, 4) is 5.75 Å². The Labute approximate surface area is 105 Å². The van der Waals surface area contributed by atoms with E-state index in [0.717, 1.165) is 18.3 Å². The van der Waals surface area contributed by atoms with E-state index in [-0.39, 0.29) is 5.41 Å². The molecule has 1 aromatic carbocycles. The quantitative estimate of drug-likeness (QED) is 0.742. The van der Waals surface area contributed by atoms with E-state index in [4.69, 9.17) is 4.74 Å². The van der Waals surface area contributed by atoms with E-state index in [0.29, 0.717) is 0 Å². The fraction of sp³-hybridized carbons (Fsp3) is 0.625. The van der Waals surface area contributed by atoms with Crippen molar-refractivity contribution in [1.82, 2.24) is 0 Å². The molecule has 0 atom stereocenters. The minimum atomic E-state index is 0.226. The molecule has 1 fully saturated rings. The van der Waals surface area contributed by atoms with Gasteiger partial charge in [-0.3, -0.25) is 0 Å². The van der Waals surface area contributed by atoms with Crippen LogP contribution in [0.5, 0.6) is 5.75 Å². The largest absolute Gasteiger partial charge is 0.493 e. The molecule has 1 aromatic rings. The zero-order chi connectivity index (χ0) is 12.3. The summed E-state index contributed by atoms with van der Waals surface area (Å²) in [6.07, 6.45) is 5.47. The third-order valence-corrected chi connectivity index (χ3v) is 3.68. The first kappa shape index (κ1) is 12.5. The second kappa shape index (κ2) is 5.12. The number of benzene rings is 1. The summed E-state index contributed by atoms with van der Waals surface area (Å²) < 4.78 is 5.86. The van der Waals surface area contributed by atoms with Crippen LogP contribution in [0.15, 0.2) is 24.3 Å². The molecule has 0 radical (unpaired) electrons. The van der Waals surface area contributed by atoms with Crippen molar-refractivity contribution in [2.45, 2.75) is 51.9 Å². The lowest BCUT2D eigenvalue weighted by molar-refractivity contribution is 0.252. The lowest BCUT2D eigenvalue weighted by Crippen LogP contribution is -2.11. The zero-order valence-corrected chi connectivity index (χ0v) is 11.3. The summed E-state index contributed by atoms with van der Waals surface area (Å²) in [6.45, 7) is 7.61. The predicted octanol–water partition coefficient (Wildman–Crippen LogP) is 4.55. The van der Waals surface area contributed by atoms with Crippen molar-refractivity contribution in [2.75, 3.05) is 6.61 Å². The van der Waals surface area contributed by atoms with Crippen molar-refractivity contribution in [1.29, 1.82) is 0 Å². The van der Waals surface area contributed by atoms with Crippen LogP contribution in [0.1, 0.15) is 52.0 Å². The standard InChI is InChI=1S/C16H24O/c1-16(2,3)14-8-10-15(11-9-14)17-12-13-6-4-5-7-13/h8-11,13H,4-7,12H2,1-3H3. The Balaban J connectivity index is 1.89. The highest BCUT2D eigenvalue weighted by atomic mass is 16.5. The Hall–Kier alpha value is -0.980. The molecule has 1 saturated carbocycles. The Morgan fingerprint density at radius 1 is 1.06 bits per heavy atom. The summed E-state index contributed by atoms with van der Waals surface area (Å²) in [7, 11) is 0. The maximum atomic E-state index is 5.86. The van der Waals surface area contributed by atoms with Crippen LogP contribution in [-0.2, 0) is 5.41 Å². The Kier molecular flexibility index (Phi) is 3.76. The minimum Gasteiger partial charge on any atom is -0.493 e. The number of ether oxygens (including phenoxy) is 1. The maximum Gasteiger partial charge on any atom is 0.119 e. The molecule has 0 aliphatic heterocycles. The van der Waals surface area contributed by atoms with Crippen molar-refractivity contribution in [3.63, 3.8) is 0 Å². The van der Waals surface area contributed by atoms with Crippen molar-refractivity contribution >= 4 is 0 Å². The number of rotatable bonds is 3. The fourth-order valence-electron chi connectivity index (χ4n) is 2.44. The van der Waals surface area contributed by atoms with E-state index in [2.05, 4.69) is 45.0 Å². The SMILES string of the molecule is CC(C)(C)c1ccc(OCC2CCCC2)cc1. The van der Waals surface area contributed by atoms with Gasteiger partial charge >= 0.3 is 0 Å². The van der Waals surface area contributed by atoms with Gasteiger partial charge in [0.1, 0.15) is 5.75 Å². The van der Waals surface area contributed by atoms with Gasteiger partial charge in [-0.15, -0.1) is 0 Å². The molecule has 1 nitrogen and oxygen atoms in total. The lowest BCUT2D eigenvalue weighted by Gasteiger charge is -2.19. The molecule has 1 aliphatic carbocycles. The van der Waals surface area contributed by atoms with Gasteiger partial charge in [-0.05, 0) is 41.9 Å². The first-order valence-electron chi connectivity index (χ1n) is 6.79. The Bertz CT molecular complexity index is 339. The third kappa shape index (κ3) is 3.49. The summed E-state index contributed by atoms with van der Waals surface area (Å²) in [6, 6.07) is 8.58. The van der Waals surface area contributed by atoms with Crippen LogP contribution in [0, 0.1) is 5.92 Å². The highest BCUT2D eigenvalue weighted by Gasteiger charge is 2.16. The molecular weight excluding hydrogens is 208 g/mol. The van der Waals surface area contributed by atoms with Crippen LogP contribution in [-0.4, -0.2) is 6.61 Å². The zero-order valence-electron chi connectivity index (χ0n) is 11.3. The third-order valence-electron chi connectivity index (χ3n) is 3.68. The van der Waals surface area contributed by atoms with Crippen molar-refractivity contribution in [2.24, 2.45) is 5.92 Å². The van der Waals surface area contributed by atoms with Gasteiger partial charge in [-0.25, -0.2) is 0 Å². The topological polar surface area (TPSA) is 9.23 Å². The molecule has 1 aliphatic rings. The second-order valence-electron chi connectivity index (χ2n) is 6.24. The van der Waals surface area contributed by atoms with Crippen LogP contribution in [0.3, 0.4) is 0 Å². The number of hydrogen-bond acceptors (Lipinski definition) is 1. The van der Waals surface area contributed by atoms with Crippen LogP contribution in [0.4, 0.5) is 0 Å². The number of hydrogen-bond donors (Lipinski definition) is 0. The Morgan fingerprint density at radius 2 is 1.65 bits per heavy atom. The molecule has 17 heavy (non-hydrogen) atoms. The average molecular weight is 232 g/mol. The molecule has 0 saturated heterocycles. The maximum absolute atomic E-state index is 5.86. The molecule has 0 spiro atoms. The summed E-state index contributed by atoms with van der Waals surface area (Å²) in [5.74, 6) is 1.81. The Morgan fingerprint density at radius 3 is 2.18 bits per heavy atom. The van der Waals surface area contributed by atoms with E-state index in [1.165, 1.54) is 31.2 Å². The minimum absolute atomic E-state index is 0.226. The van der Waals surface area contributed by atoms with Gasteiger partial charge in [-0.2, -0.15) is 0 Å². The van der Waals surface area contributed by atoms with Crippen molar-refractivity contribution < 1.29 is 4.74 Å². The van der Waals surface area contributed by atoms with Gasteiger partial charge in [-0.1, -0.05) is 45.7 Å². The second-order valence-corrected chi connectivity index (χ2v) is 6.24. The van der Waals surface area contributed by atoms with Crippen LogP contribution >= 0.6 is 0 Å². The first-order chi connectivity index (χ1) is 8.05. The van der Waals surface area contributed by atoms with E-state index in [9.17, 15) is 0 Å². The highest BCUT2D eigenvalue weighted by molar-refractivity contribution is 5.31. The molecule has 0 amide bonds. The smallest absolute Gasteiger partial charge is 0.119 e. The molecule has 94 valence electrons. The van der Waals surface area contributed by atoms with Crippen molar-refractivity contribution in [3.05, 3.63) is 29.8 Å². The van der Waals surface area contributed by atoms with Crippen LogP contribution < -0.4 is 4.74 Å². The van der Waals surface area contributed by atoms with Gasteiger partial charge in [0, 0.05) is 0 Å². The van der Waals surface area contributed by atoms with Crippen LogP contribution in [0.2, 0.25) is 0 Å².